The van der Waals surface area contributed by atoms with Crippen LogP contribution in [-0.4, -0.2) is 29.1 Å². The van der Waals surface area contributed by atoms with E-state index in [1.807, 2.05) is 30.5 Å². The molecule has 1 heterocycles. The highest BCUT2D eigenvalue weighted by Gasteiger charge is 2.11. The second-order valence-corrected chi connectivity index (χ2v) is 7.99. The minimum absolute atomic E-state index is 0.369. The Balaban J connectivity index is 1.69. The van der Waals surface area contributed by atoms with Crippen LogP contribution in [-0.2, 0) is 6.54 Å². The molecule has 0 saturated heterocycles. The van der Waals surface area contributed by atoms with Crippen molar-refractivity contribution in [3.8, 4) is 11.5 Å². The highest BCUT2D eigenvalue weighted by molar-refractivity contribution is 9.10. The Hall–Kier alpha value is -2.00. The van der Waals surface area contributed by atoms with E-state index in [1.54, 1.807) is 31.0 Å². The molecule has 0 amide bonds. The molecule has 2 aromatic carbocycles. The number of hydrogen-bond acceptors (Lipinski definition) is 4. The first kappa shape index (κ1) is 21.7. The summed E-state index contributed by atoms with van der Waals surface area (Å²) in [7, 11) is 3.18. The summed E-state index contributed by atoms with van der Waals surface area (Å²) >= 11 is 20.9. The van der Waals surface area contributed by atoms with Crippen molar-refractivity contribution in [1.82, 2.24) is 9.78 Å². The summed E-state index contributed by atoms with van der Waals surface area (Å²) < 4.78 is 13.1. The first-order valence-electron chi connectivity index (χ1n) is 8.36. The van der Waals surface area contributed by atoms with Gasteiger partial charge in [-0.25, -0.2) is 0 Å². The third-order valence-corrected chi connectivity index (χ3v) is 5.46. The molecule has 0 radical (unpaired) electrons. The van der Waals surface area contributed by atoms with Crippen molar-refractivity contribution in [1.29, 1.82) is 0 Å². The van der Waals surface area contributed by atoms with Crippen LogP contribution in [0.1, 0.15) is 5.56 Å². The molecule has 2 N–H and O–H groups in total. The molecule has 10 heteroatoms. The minimum atomic E-state index is 0.369. The lowest BCUT2D eigenvalue weighted by atomic mass is 10.2. The van der Waals surface area contributed by atoms with Gasteiger partial charge in [-0.15, -0.1) is 0 Å². The molecule has 0 aliphatic rings. The predicted molar refractivity (Wildman–Crippen MR) is 125 cm³/mol. The maximum atomic E-state index is 6.08. The average molecular weight is 516 g/mol. The lowest BCUT2D eigenvalue weighted by Gasteiger charge is -2.13. The number of ether oxygens (including phenoxy) is 2. The van der Waals surface area contributed by atoms with Crippen LogP contribution in [0.2, 0.25) is 10.0 Å². The zero-order valence-corrected chi connectivity index (χ0v) is 19.4. The zero-order chi connectivity index (χ0) is 21.0. The van der Waals surface area contributed by atoms with Gasteiger partial charge in [0.1, 0.15) is 11.5 Å². The van der Waals surface area contributed by atoms with Crippen molar-refractivity contribution in [3.63, 3.8) is 0 Å². The van der Waals surface area contributed by atoms with Crippen LogP contribution in [0.4, 0.5) is 11.5 Å². The van der Waals surface area contributed by atoms with Crippen LogP contribution in [0, 0.1) is 0 Å². The average Bonchev–Trinajstić information content (AvgIpc) is 3.03. The van der Waals surface area contributed by atoms with Crippen molar-refractivity contribution < 1.29 is 9.47 Å². The molecule has 3 aromatic rings. The molecule has 152 valence electrons. The maximum Gasteiger partial charge on any atom is 0.176 e. The Kier molecular flexibility index (Phi) is 7.23. The Labute approximate surface area is 192 Å². The normalized spacial score (nSPS) is 10.5. The van der Waals surface area contributed by atoms with Crippen LogP contribution in [0.5, 0.6) is 11.5 Å². The number of benzene rings is 2. The number of methoxy groups -OCH3 is 2. The van der Waals surface area contributed by atoms with E-state index in [2.05, 4.69) is 31.7 Å². The summed E-state index contributed by atoms with van der Waals surface area (Å²) in [5, 5.41) is 12.1. The Morgan fingerprint density at radius 2 is 1.90 bits per heavy atom. The van der Waals surface area contributed by atoms with Crippen molar-refractivity contribution >= 4 is 68.0 Å². The quantitative estimate of drug-likeness (QED) is 0.403. The molecule has 3 rings (SSSR count). The fourth-order valence-corrected chi connectivity index (χ4v) is 3.49. The van der Waals surface area contributed by atoms with Gasteiger partial charge in [0.2, 0.25) is 0 Å². The van der Waals surface area contributed by atoms with Crippen LogP contribution < -0.4 is 20.1 Å². The molecule has 6 nitrogen and oxygen atoms in total. The molecule has 0 bridgehead atoms. The third kappa shape index (κ3) is 5.54. The number of thiocarbonyl (C=S) groups is 1. The SMILES string of the molecule is COc1ccc(NC(=S)Nc2nn(Cc3ccc(Cl)c(Cl)c3)cc2Br)c(OC)c1. The van der Waals surface area contributed by atoms with Gasteiger partial charge in [-0.05, 0) is 58.0 Å². The topological polar surface area (TPSA) is 60.3 Å². The van der Waals surface area contributed by atoms with Gasteiger partial charge in [-0.2, -0.15) is 5.10 Å². The molecule has 0 atom stereocenters. The van der Waals surface area contributed by atoms with E-state index >= 15 is 0 Å². The van der Waals surface area contributed by atoms with Crippen molar-refractivity contribution in [2.75, 3.05) is 24.9 Å². The van der Waals surface area contributed by atoms with E-state index in [4.69, 9.17) is 44.9 Å². The van der Waals surface area contributed by atoms with E-state index in [0.717, 1.165) is 10.0 Å². The smallest absolute Gasteiger partial charge is 0.176 e. The molecular formula is C19H17BrCl2N4O2S. The molecule has 0 saturated carbocycles. The highest BCUT2D eigenvalue weighted by atomic mass is 79.9. The molecular weight excluding hydrogens is 499 g/mol. The summed E-state index contributed by atoms with van der Waals surface area (Å²) in [5.74, 6) is 1.88. The van der Waals surface area contributed by atoms with Gasteiger partial charge < -0.3 is 20.1 Å². The number of nitrogens with zero attached hydrogens (tertiary/aromatic N) is 2. The fourth-order valence-electron chi connectivity index (χ4n) is 2.55. The Morgan fingerprint density at radius 3 is 2.59 bits per heavy atom. The molecule has 0 unspecified atom stereocenters. The largest absolute Gasteiger partial charge is 0.497 e. The number of aromatic nitrogens is 2. The fraction of sp³-hybridized carbons (Fsp3) is 0.158. The number of nitrogens with one attached hydrogen (secondary N) is 2. The Bertz CT molecular complexity index is 1050. The van der Waals surface area contributed by atoms with Gasteiger partial charge in [-0.3, -0.25) is 4.68 Å². The van der Waals surface area contributed by atoms with Crippen molar-refractivity contribution in [2.45, 2.75) is 6.54 Å². The van der Waals surface area contributed by atoms with E-state index in [0.29, 0.717) is 44.7 Å². The van der Waals surface area contributed by atoms with Gasteiger partial charge in [0.05, 0.1) is 41.0 Å². The van der Waals surface area contributed by atoms with Crippen LogP contribution in [0.25, 0.3) is 0 Å². The maximum absolute atomic E-state index is 6.08. The second kappa shape index (κ2) is 9.67. The number of rotatable bonds is 6. The molecule has 1 aromatic heterocycles. The highest BCUT2D eigenvalue weighted by Crippen LogP contribution is 2.29. The van der Waals surface area contributed by atoms with Gasteiger partial charge in [0.25, 0.3) is 0 Å². The first-order chi connectivity index (χ1) is 13.9. The monoisotopic (exact) mass is 514 g/mol. The van der Waals surface area contributed by atoms with Gasteiger partial charge in [0.15, 0.2) is 10.9 Å². The standard InChI is InChI=1S/C19H17BrCl2N4O2S/c1-27-12-4-6-16(17(8-12)28-2)23-19(29)24-18-13(20)10-26(25-18)9-11-3-5-14(21)15(22)7-11/h3-8,10H,9H2,1-2H3,(H2,23,24,25,29). The zero-order valence-electron chi connectivity index (χ0n) is 15.5. The lowest BCUT2D eigenvalue weighted by molar-refractivity contribution is 0.395. The molecule has 0 aliphatic heterocycles. The predicted octanol–water partition coefficient (Wildman–Crippen LogP) is 5.83. The second-order valence-electron chi connectivity index (χ2n) is 5.92. The van der Waals surface area contributed by atoms with Gasteiger partial charge in [0, 0.05) is 12.3 Å². The van der Waals surface area contributed by atoms with Gasteiger partial charge >= 0.3 is 0 Å². The summed E-state index contributed by atoms with van der Waals surface area (Å²) in [6.07, 6.45) is 1.85. The lowest BCUT2D eigenvalue weighted by Crippen LogP contribution is -2.20. The first-order valence-corrected chi connectivity index (χ1v) is 10.3. The molecule has 0 spiro atoms. The molecule has 0 fully saturated rings. The van der Waals surface area contributed by atoms with Gasteiger partial charge in [-0.1, -0.05) is 29.3 Å². The number of halogens is 3. The van der Waals surface area contributed by atoms with E-state index in [9.17, 15) is 0 Å². The summed E-state index contributed by atoms with van der Waals surface area (Å²) in [5.41, 5.74) is 1.68. The third-order valence-electron chi connectivity index (χ3n) is 3.93. The number of hydrogen-bond donors (Lipinski definition) is 2. The van der Waals surface area contributed by atoms with Crippen molar-refractivity contribution in [3.05, 3.63) is 62.7 Å². The number of anilines is 2. The molecule has 0 aliphatic carbocycles. The van der Waals surface area contributed by atoms with E-state index < -0.39 is 0 Å². The summed E-state index contributed by atoms with van der Waals surface area (Å²) in [6.45, 7) is 0.531. The van der Waals surface area contributed by atoms with E-state index in [1.165, 1.54) is 0 Å². The summed E-state index contributed by atoms with van der Waals surface area (Å²) in [6, 6.07) is 10.9. The van der Waals surface area contributed by atoms with Crippen LogP contribution >= 0.6 is 51.3 Å². The minimum Gasteiger partial charge on any atom is -0.497 e. The van der Waals surface area contributed by atoms with Crippen LogP contribution in [0.15, 0.2) is 47.1 Å². The van der Waals surface area contributed by atoms with E-state index in [-0.39, 0.29) is 0 Å². The summed E-state index contributed by atoms with van der Waals surface area (Å²) in [4.78, 5) is 0. The Morgan fingerprint density at radius 1 is 1.10 bits per heavy atom. The van der Waals surface area contributed by atoms with Crippen molar-refractivity contribution in [2.24, 2.45) is 0 Å². The van der Waals surface area contributed by atoms with Crippen LogP contribution in [0.3, 0.4) is 0 Å². The molecule has 29 heavy (non-hydrogen) atoms.